The zero-order valence-corrected chi connectivity index (χ0v) is 15.6. The van der Waals surface area contributed by atoms with Gasteiger partial charge in [0.15, 0.2) is 0 Å². The maximum Gasteiger partial charge on any atom is 0.246 e. The second-order valence-electron chi connectivity index (χ2n) is 6.39. The molecule has 2 aromatic rings. The van der Waals surface area contributed by atoms with Gasteiger partial charge in [-0.25, -0.2) is 9.97 Å². The van der Waals surface area contributed by atoms with Crippen LogP contribution < -0.4 is 5.32 Å². The Morgan fingerprint density at radius 3 is 2.84 bits per heavy atom. The van der Waals surface area contributed by atoms with E-state index in [2.05, 4.69) is 27.1 Å². The average Bonchev–Trinajstić information content (AvgIpc) is 3.29. The van der Waals surface area contributed by atoms with Gasteiger partial charge in [-0.2, -0.15) is 0 Å². The van der Waals surface area contributed by atoms with Crippen LogP contribution in [0.2, 0.25) is 0 Å². The Hall–Kier alpha value is -1.77. The van der Waals surface area contributed by atoms with E-state index in [4.69, 9.17) is 4.74 Å². The molecule has 0 bridgehead atoms. The van der Waals surface area contributed by atoms with Crippen molar-refractivity contribution in [2.75, 3.05) is 33.4 Å². The molecule has 25 heavy (non-hydrogen) atoms. The number of imidazole rings is 1. The highest BCUT2D eigenvalue weighted by Gasteiger charge is 2.42. The van der Waals surface area contributed by atoms with Crippen LogP contribution in [0.3, 0.4) is 0 Å². The Balaban J connectivity index is 1.68. The summed E-state index contributed by atoms with van der Waals surface area (Å²) in [4.78, 5) is 25.1. The summed E-state index contributed by atoms with van der Waals surface area (Å²) in [6, 6.07) is 0. The Morgan fingerprint density at radius 1 is 1.44 bits per heavy atom. The van der Waals surface area contributed by atoms with Gasteiger partial charge in [-0.1, -0.05) is 0 Å². The van der Waals surface area contributed by atoms with Crippen molar-refractivity contribution < 1.29 is 9.53 Å². The summed E-state index contributed by atoms with van der Waals surface area (Å²) in [5, 5.41) is 3.01. The van der Waals surface area contributed by atoms with Gasteiger partial charge in [0.1, 0.15) is 5.54 Å². The van der Waals surface area contributed by atoms with Crippen molar-refractivity contribution >= 4 is 17.2 Å². The van der Waals surface area contributed by atoms with E-state index in [1.54, 1.807) is 31.0 Å². The second kappa shape index (κ2) is 8.07. The van der Waals surface area contributed by atoms with Gasteiger partial charge < -0.3 is 14.6 Å². The lowest BCUT2D eigenvalue weighted by Gasteiger charge is -2.41. The van der Waals surface area contributed by atoms with E-state index in [9.17, 15) is 4.79 Å². The molecular formula is C17H25N5O2S. The van der Waals surface area contributed by atoms with Gasteiger partial charge >= 0.3 is 0 Å². The molecule has 1 N–H and O–H groups in total. The molecule has 1 fully saturated rings. The molecule has 136 valence electrons. The molecule has 1 aliphatic heterocycles. The van der Waals surface area contributed by atoms with Crippen molar-refractivity contribution in [1.29, 1.82) is 0 Å². The maximum absolute atomic E-state index is 12.9. The van der Waals surface area contributed by atoms with Crippen molar-refractivity contribution in [3.63, 3.8) is 0 Å². The summed E-state index contributed by atoms with van der Waals surface area (Å²) >= 11 is 1.70. The van der Waals surface area contributed by atoms with Gasteiger partial charge in [0.2, 0.25) is 5.91 Å². The number of aryl methyl sites for hydroxylation is 1. The first-order valence-electron chi connectivity index (χ1n) is 8.53. The van der Waals surface area contributed by atoms with Crippen molar-refractivity contribution in [3.05, 3.63) is 34.8 Å². The third-order valence-corrected chi connectivity index (χ3v) is 5.83. The van der Waals surface area contributed by atoms with Crippen LogP contribution in [0.25, 0.3) is 0 Å². The molecule has 1 saturated heterocycles. The zero-order valence-electron chi connectivity index (χ0n) is 14.8. The Bertz CT molecular complexity index is 677. The van der Waals surface area contributed by atoms with Crippen LogP contribution in [0.1, 0.15) is 23.4 Å². The third-order valence-electron chi connectivity index (χ3n) is 4.91. The van der Waals surface area contributed by atoms with E-state index in [-0.39, 0.29) is 5.91 Å². The number of hydrogen-bond acceptors (Lipinski definition) is 6. The second-order valence-corrected chi connectivity index (χ2v) is 7.33. The minimum Gasteiger partial charge on any atom is -0.383 e. The zero-order chi connectivity index (χ0) is 17.7. The standard InChI is InChI=1S/C17H25N5O2S/c1-14-15(25-13-20-14)11-21-7-3-17(4-8-21,22-9-5-18-12-22)16(23)19-6-10-24-2/h5,9,12-13H,3-4,6-8,10-11H2,1-2H3,(H,19,23). The van der Waals surface area contributed by atoms with Crippen LogP contribution >= 0.6 is 11.3 Å². The average molecular weight is 363 g/mol. The summed E-state index contributed by atoms with van der Waals surface area (Å²) in [5.41, 5.74) is 2.44. The summed E-state index contributed by atoms with van der Waals surface area (Å²) < 4.78 is 7.01. The Labute approximate surface area is 152 Å². The van der Waals surface area contributed by atoms with E-state index in [1.165, 1.54) is 4.88 Å². The number of rotatable bonds is 7. The molecular weight excluding hydrogens is 338 g/mol. The van der Waals surface area contributed by atoms with Gasteiger partial charge in [0.25, 0.3) is 0 Å². The number of ether oxygens (including phenoxy) is 1. The molecule has 0 atom stereocenters. The van der Waals surface area contributed by atoms with Gasteiger partial charge in [-0.15, -0.1) is 11.3 Å². The Kier molecular flexibility index (Phi) is 5.82. The van der Waals surface area contributed by atoms with Gasteiger partial charge in [0, 0.05) is 50.6 Å². The van der Waals surface area contributed by atoms with Crippen LogP contribution in [0, 0.1) is 6.92 Å². The summed E-state index contributed by atoms with van der Waals surface area (Å²) in [7, 11) is 1.64. The number of carbonyl (C=O) groups is 1. The number of thiazole rings is 1. The van der Waals surface area contributed by atoms with Crippen LogP contribution in [-0.4, -0.2) is 58.7 Å². The lowest BCUT2D eigenvalue weighted by molar-refractivity contribution is -0.132. The lowest BCUT2D eigenvalue weighted by atomic mass is 9.86. The van der Waals surface area contributed by atoms with Crippen molar-refractivity contribution in [2.45, 2.75) is 31.8 Å². The predicted octanol–water partition coefficient (Wildman–Crippen LogP) is 1.40. The fourth-order valence-corrected chi connectivity index (χ4v) is 4.13. The van der Waals surface area contributed by atoms with Crippen molar-refractivity contribution in [1.82, 2.24) is 24.8 Å². The fourth-order valence-electron chi connectivity index (χ4n) is 3.31. The summed E-state index contributed by atoms with van der Waals surface area (Å²) in [6.45, 7) is 5.73. The first kappa shape index (κ1) is 18.0. The lowest BCUT2D eigenvalue weighted by Crippen LogP contribution is -2.55. The van der Waals surface area contributed by atoms with Crippen molar-refractivity contribution in [2.24, 2.45) is 0 Å². The molecule has 8 heteroatoms. The van der Waals surface area contributed by atoms with E-state index in [0.29, 0.717) is 13.2 Å². The molecule has 0 spiro atoms. The van der Waals surface area contributed by atoms with Crippen molar-refractivity contribution in [3.8, 4) is 0 Å². The maximum atomic E-state index is 12.9. The van der Waals surface area contributed by atoms with Crippen LogP contribution in [-0.2, 0) is 21.6 Å². The normalized spacial score (nSPS) is 17.5. The quantitative estimate of drug-likeness (QED) is 0.753. The first-order valence-corrected chi connectivity index (χ1v) is 9.40. The number of nitrogens with zero attached hydrogens (tertiary/aromatic N) is 4. The first-order chi connectivity index (χ1) is 12.2. The molecule has 3 heterocycles. The number of methoxy groups -OCH3 is 1. The molecule has 1 aliphatic rings. The topological polar surface area (TPSA) is 72.3 Å². The number of hydrogen-bond donors (Lipinski definition) is 1. The van der Waals surface area contributed by atoms with Crippen LogP contribution in [0.4, 0.5) is 0 Å². The highest BCUT2D eigenvalue weighted by molar-refractivity contribution is 7.09. The molecule has 0 saturated carbocycles. The largest absolute Gasteiger partial charge is 0.383 e. The highest BCUT2D eigenvalue weighted by Crippen LogP contribution is 2.31. The summed E-state index contributed by atoms with van der Waals surface area (Å²) in [5.74, 6) is 0.0520. The smallest absolute Gasteiger partial charge is 0.246 e. The fraction of sp³-hybridized carbons (Fsp3) is 0.588. The van der Waals surface area contributed by atoms with E-state index < -0.39 is 5.54 Å². The van der Waals surface area contributed by atoms with E-state index in [1.807, 2.05) is 16.3 Å². The summed E-state index contributed by atoms with van der Waals surface area (Å²) in [6.07, 6.45) is 6.90. The number of likely N-dealkylation sites (tertiary alicyclic amines) is 1. The van der Waals surface area contributed by atoms with Gasteiger partial charge in [-0.05, 0) is 19.8 Å². The molecule has 3 rings (SSSR count). The Morgan fingerprint density at radius 2 is 2.24 bits per heavy atom. The monoisotopic (exact) mass is 363 g/mol. The number of piperidine rings is 1. The molecule has 7 nitrogen and oxygen atoms in total. The molecule has 2 aromatic heterocycles. The number of amides is 1. The predicted molar refractivity (Wildman–Crippen MR) is 96.4 cm³/mol. The van der Waals surface area contributed by atoms with Crippen LogP contribution in [0.5, 0.6) is 0 Å². The molecule has 0 aliphatic carbocycles. The highest BCUT2D eigenvalue weighted by atomic mass is 32.1. The molecule has 0 aromatic carbocycles. The third kappa shape index (κ3) is 3.91. The molecule has 1 amide bonds. The van der Waals surface area contributed by atoms with Crippen LogP contribution in [0.15, 0.2) is 24.2 Å². The van der Waals surface area contributed by atoms with Gasteiger partial charge in [0.05, 0.1) is 24.1 Å². The van der Waals surface area contributed by atoms with E-state index >= 15 is 0 Å². The molecule has 0 radical (unpaired) electrons. The SMILES string of the molecule is COCCNC(=O)C1(n2ccnc2)CCN(Cc2scnc2C)CC1. The minimum atomic E-state index is -0.566. The minimum absolute atomic E-state index is 0.0520. The van der Waals surface area contributed by atoms with E-state index in [0.717, 1.165) is 38.2 Å². The molecule has 0 unspecified atom stereocenters. The number of nitrogens with one attached hydrogen (secondary N) is 1. The van der Waals surface area contributed by atoms with Gasteiger partial charge in [-0.3, -0.25) is 9.69 Å². The number of carbonyl (C=O) groups excluding carboxylic acids is 1. The number of aromatic nitrogens is 3.